The molecule has 2 N–H and O–H groups in total. The van der Waals surface area contributed by atoms with Gasteiger partial charge in [0.2, 0.25) is 0 Å². The minimum atomic E-state index is -0.953. The van der Waals surface area contributed by atoms with Crippen molar-refractivity contribution < 1.29 is 33.0 Å². The topological polar surface area (TPSA) is 124 Å². The van der Waals surface area contributed by atoms with Gasteiger partial charge in [-0.3, -0.25) is 29.7 Å². The largest absolute Gasteiger partial charge is 0.488 e. The smallest absolute Gasteiger partial charge is 0.413 e. The number of nitrogens with zero attached hydrogens (tertiary/aromatic N) is 3. The molecule has 204 valence electrons. The number of rotatable bonds is 5. The summed E-state index contributed by atoms with van der Waals surface area (Å²) in [4.78, 5) is 43.8. The van der Waals surface area contributed by atoms with Gasteiger partial charge in [-0.25, -0.2) is 14.2 Å². The van der Waals surface area contributed by atoms with Gasteiger partial charge in [0.15, 0.2) is 16.5 Å². The second-order valence-electron chi connectivity index (χ2n) is 9.96. The van der Waals surface area contributed by atoms with Crippen LogP contribution in [0.25, 0.3) is 4.96 Å². The number of hydrogen-bond acceptors (Lipinski definition) is 8. The number of carbonyl (C=O) groups is 3. The van der Waals surface area contributed by atoms with Gasteiger partial charge < -0.3 is 14.2 Å². The van der Waals surface area contributed by atoms with Crippen LogP contribution in [0.5, 0.6) is 5.75 Å². The first kappa shape index (κ1) is 27.6. The van der Waals surface area contributed by atoms with Gasteiger partial charge in [-0.05, 0) is 40.7 Å². The van der Waals surface area contributed by atoms with Crippen molar-refractivity contribution in [2.75, 3.05) is 13.2 Å². The maximum absolute atomic E-state index is 14.8. The Morgan fingerprint density at radius 1 is 1.26 bits per heavy atom. The van der Waals surface area contributed by atoms with Crippen molar-refractivity contribution in [2.24, 2.45) is 0 Å². The molecule has 0 radical (unpaired) electrons. The lowest BCUT2D eigenvalue weighted by atomic mass is 10.2. The number of fused-ring (bicyclic) bond motifs is 1. The first-order valence-corrected chi connectivity index (χ1v) is 12.8. The Bertz CT molecular complexity index is 1360. The number of aromatic nitrogens is 2. The van der Waals surface area contributed by atoms with Gasteiger partial charge in [-0.1, -0.05) is 11.6 Å². The summed E-state index contributed by atoms with van der Waals surface area (Å²) in [7, 11) is 0. The molecule has 38 heavy (non-hydrogen) atoms. The molecule has 11 nitrogen and oxygen atoms in total. The van der Waals surface area contributed by atoms with E-state index in [1.807, 2.05) is 5.38 Å². The lowest BCUT2D eigenvalue weighted by molar-refractivity contribution is -0.0637. The van der Waals surface area contributed by atoms with Gasteiger partial charge in [0.25, 0.3) is 11.8 Å². The average molecular weight is 568 g/mol. The number of amides is 3. The highest BCUT2D eigenvalue weighted by atomic mass is 35.5. The minimum absolute atomic E-state index is 0.0951. The summed E-state index contributed by atoms with van der Waals surface area (Å²) >= 11 is 7.56. The standard InChI is InChI=1S/C24H27ClFN5O6S/c1-23(2,3)37-22(34)31-13(12-36-24(31,4)5)11-35-18-9-15(25)14(8-16(18)26)19(32)28-29-20(33)17-10-30-6-7-38-21(30)27-17/h6-10,13H,11-12H2,1-5H3,(H,28,32)(H,29,33). The fraction of sp³-hybridized carbons (Fsp3) is 0.417. The third-order valence-electron chi connectivity index (χ3n) is 5.48. The molecule has 14 heteroatoms. The number of carbonyl (C=O) groups excluding carboxylic acids is 3. The van der Waals surface area contributed by atoms with Crippen molar-refractivity contribution >= 4 is 45.8 Å². The number of nitrogens with one attached hydrogen (secondary N) is 2. The summed E-state index contributed by atoms with van der Waals surface area (Å²) in [5.41, 5.74) is 2.62. The van der Waals surface area contributed by atoms with E-state index in [-0.39, 0.29) is 35.2 Å². The molecule has 1 atom stereocenters. The van der Waals surface area contributed by atoms with Crippen LogP contribution in [0.15, 0.2) is 29.9 Å². The SMILES string of the molecule is CC(C)(C)OC(=O)N1C(COc2cc(Cl)c(C(=O)NNC(=O)c3cn4ccsc4n3)cc2F)COC1(C)C. The molecule has 0 spiro atoms. The maximum Gasteiger partial charge on any atom is 0.413 e. The van der Waals surface area contributed by atoms with Crippen molar-refractivity contribution in [2.45, 2.75) is 52.0 Å². The van der Waals surface area contributed by atoms with Crippen molar-refractivity contribution in [1.29, 1.82) is 0 Å². The highest BCUT2D eigenvalue weighted by Crippen LogP contribution is 2.31. The van der Waals surface area contributed by atoms with Crippen LogP contribution in [-0.4, -0.2) is 62.8 Å². The summed E-state index contributed by atoms with van der Waals surface area (Å²) in [6, 6.07) is 1.48. The van der Waals surface area contributed by atoms with E-state index in [1.54, 1.807) is 45.2 Å². The second-order valence-corrected chi connectivity index (χ2v) is 11.2. The molecule has 2 aromatic heterocycles. The molecule has 1 fully saturated rings. The predicted octanol–water partition coefficient (Wildman–Crippen LogP) is 4.01. The van der Waals surface area contributed by atoms with E-state index in [9.17, 15) is 18.8 Å². The molecular weight excluding hydrogens is 541 g/mol. The van der Waals surface area contributed by atoms with Gasteiger partial charge in [-0.2, -0.15) is 0 Å². The van der Waals surface area contributed by atoms with Gasteiger partial charge in [-0.15, -0.1) is 11.3 Å². The maximum atomic E-state index is 14.8. The Morgan fingerprint density at radius 2 is 1.97 bits per heavy atom. The zero-order valence-corrected chi connectivity index (χ0v) is 22.9. The molecule has 1 saturated heterocycles. The van der Waals surface area contributed by atoms with Crippen LogP contribution in [0.3, 0.4) is 0 Å². The number of halogens is 2. The molecule has 3 amide bonds. The van der Waals surface area contributed by atoms with E-state index >= 15 is 0 Å². The van der Waals surface area contributed by atoms with Crippen LogP contribution < -0.4 is 15.6 Å². The molecule has 3 aromatic rings. The third kappa shape index (κ3) is 6.00. The van der Waals surface area contributed by atoms with E-state index in [2.05, 4.69) is 15.8 Å². The number of ether oxygens (including phenoxy) is 3. The molecule has 1 unspecified atom stereocenters. The number of hydrazine groups is 1. The van der Waals surface area contributed by atoms with Gasteiger partial charge in [0, 0.05) is 23.8 Å². The monoisotopic (exact) mass is 567 g/mol. The molecule has 1 aliphatic rings. The molecule has 0 saturated carbocycles. The predicted molar refractivity (Wildman–Crippen MR) is 137 cm³/mol. The lowest BCUT2D eigenvalue weighted by Crippen LogP contribution is -2.51. The Morgan fingerprint density at radius 3 is 2.66 bits per heavy atom. The number of hydrogen-bond donors (Lipinski definition) is 2. The minimum Gasteiger partial charge on any atom is -0.488 e. The number of thiazole rings is 1. The third-order valence-corrected chi connectivity index (χ3v) is 6.56. The van der Waals surface area contributed by atoms with Gasteiger partial charge in [0.1, 0.15) is 23.6 Å². The fourth-order valence-corrected chi connectivity index (χ4v) is 4.71. The normalized spacial score (nSPS) is 16.9. The Labute approximate surface area is 226 Å². The van der Waals surface area contributed by atoms with Crippen molar-refractivity contribution in [3.63, 3.8) is 0 Å². The van der Waals surface area contributed by atoms with E-state index in [0.717, 1.165) is 12.1 Å². The lowest BCUT2D eigenvalue weighted by Gasteiger charge is -2.35. The number of benzene rings is 1. The zero-order valence-electron chi connectivity index (χ0n) is 21.3. The molecule has 1 aliphatic heterocycles. The van der Waals surface area contributed by atoms with Crippen molar-refractivity contribution in [3.8, 4) is 5.75 Å². The van der Waals surface area contributed by atoms with E-state index < -0.39 is 41.1 Å². The quantitative estimate of drug-likeness (QED) is 0.446. The summed E-state index contributed by atoms with van der Waals surface area (Å²) in [6.07, 6.45) is 2.66. The molecule has 0 bridgehead atoms. The fourth-order valence-electron chi connectivity index (χ4n) is 3.77. The molecule has 1 aromatic carbocycles. The second kappa shape index (κ2) is 10.4. The summed E-state index contributed by atoms with van der Waals surface area (Å²) < 4.78 is 33.3. The summed E-state index contributed by atoms with van der Waals surface area (Å²) in [6.45, 7) is 8.73. The van der Waals surface area contributed by atoms with Crippen LogP contribution in [0.2, 0.25) is 5.02 Å². The molecule has 4 rings (SSSR count). The van der Waals surface area contributed by atoms with Crippen molar-refractivity contribution in [1.82, 2.24) is 25.1 Å². The molecule has 3 heterocycles. The number of imidazole rings is 1. The van der Waals surface area contributed by atoms with E-state index in [4.69, 9.17) is 25.8 Å². The summed E-state index contributed by atoms with van der Waals surface area (Å²) in [5, 5.41) is 1.71. The average Bonchev–Trinajstić information content (AvgIpc) is 3.49. The first-order chi connectivity index (χ1) is 17.7. The first-order valence-electron chi connectivity index (χ1n) is 11.6. The highest BCUT2D eigenvalue weighted by molar-refractivity contribution is 7.15. The van der Waals surface area contributed by atoms with Crippen LogP contribution in [0, 0.1) is 5.82 Å². The van der Waals surface area contributed by atoms with Gasteiger partial charge >= 0.3 is 6.09 Å². The van der Waals surface area contributed by atoms with E-state index in [0.29, 0.717) is 4.96 Å². The molecule has 0 aliphatic carbocycles. The van der Waals surface area contributed by atoms with Crippen LogP contribution in [-0.2, 0) is 9.47 Å². The highest BCUT2D eigenvalue weighted by Gasteiger charge is 2.46. The van der Waals surface area contributed by atoms with E-state index in [1.165, 1.54) is 22.4 Å². The van der Waals surface area contributed by atoms with Gasteiger partial charge in [0.05, 0.1) is 23.2 Å². The Kier molecular flexibility index (Phi) is 7.55. The van der Waals surface area contributed by atoms with Crippen LogP contribution in [0.1, 0.15) is 55.5 Å². The van der Waals surface area contributed by atoms with Crippen LogP contribution in [0.4, 0.5) is 9.18 Å². The Hall–Kier alpha value is -3.42. The molecular formula is C24H27ClFN5O6S. The summed E-state index contributed by atoms with van der Waals surface area (Å²) in [5.74, 6) is -2.57. The van der Waals surface area contributed by atoms with Crippen molar-refractivity contribution in [3.05, 3.63) is 52.0 Å². The zero-order chi connectivity index (χ0) is 27.8. The Balaban J connectivity index is 1.39. The van der Waals surface area contributed by atoms with Crippen LogP contribution >= 0.6 is 22.9 Å².